The van der Waals surface area contributed by atoms with E-state index in [-0.39, 0.29) is 17.7 Å². The Bertz CT molecular complexity index is 1390. The topological polar surface area (TPSA) is 93.8 Å². The molecule has 4 aromatic rings. The molecule has 0 fully saturated rings. The summed E-state index contributed by atoms with van der Waals surface area (Å²) in [5.74, 6) is -0.736. The van der Waals surface area contributed by atoms with Crippen LogP contribution in [0, 0.1) is 0 Å². The van der Waals surface area contributed by atoms with Crippen LogP contribution in [-0.2, 0) is 25.3 Å². The molecule has 1 aliphatic rings. The molecule has 1 aliphatic carbocycles. The van der Waals surface area contributed by atoms with Crippen molar-refractivity contribution in [3.05, 3.63) is 88.5 Å². The Morgan fingerprint density at radius 3 is 2.60 bits per heavy atom. The molecule has 2 aromatic carbocycles. The molecule has 0 unspecified atom stereocenters. The number of carbonyl (C=O) groups is 2. The van der Waals surface area contributed by atoms with E-state index in [1.54, 1.807) is 31.8 Å². The molecule has 178 valence electrons. The third-order valence-electron chi connectivity index (χ3n) is 6.52. The number of fused-ring (bicyclic) bond motifs is 1. The van der Waals surface area contributed by atoms with Crippen LogP contribution in [-0.4, -0.2) is 37.2 Å². The van der Waals surface area contributed by atoms with Crippen molar-refractivity contribution < 1.29 is 9.59 Å². The van der Waals surface area contributed by atoms with Gasteiger partial charge in [-0.3, -0.25) is 14.3 Å². The first kappa shape index (κ1) is 23.0. The number of hydrogen-bond donors (Lipinski definition) is 2. The summed E-state index contributed by atoms with van der Waals surface area (Å²) in [6.45, 7) is 0. The maximum atomic E-state index is 13.6. The monoisotopic (exact) mass is 532 g/mol. The highest BCUT2D eigenvalue weighted by Gasteiger charge is 2.36. The van der Waals surface area contributed by atoms with Gasteiger partial charge in [-0.2, -0.15) is 5.10 Å². The van der Waals surface area contributed by atoms with Crippen LogP contribution in [0.25, 0.3) is 11.3 Å². The average Bonchev–Trinajstić information content (AvgIpc) is 3.57. The van der Waals surface area contributed by atoms with Crippen LogP contribution in [0.5, 0.6) is 0 Å². The van der Waals surface area contributed by atoms with Crippen molar-refractivity contribution >= 4 is 33.4 Å². The molecule has 0 aliphatic heterocycles. The minimum atomic E-state index is -0.746. The molecule has 5 rings (SSSR count). The average molecular weight is 533 g/mol. The Hall–Kier alpha value is -3.72. The predicted molar refractivity (Wildman–Crippen MR) is 137 cm³/mol. The van der Waals surface area contributed by atoms with E-state index in [2.05, 4.69) is 42.7 Å². The molecular formula is C26H25BrN6O2. The van der Waals surface area contributed by atoms with Gasteiger partial charge in [0.25, 0.3) is 5.91 Å². The number of imidazole rings is 1. The fourth-order valence-electron chi connectivity index (χ4n) is 4.69. The first-order valence-electron chi connectivity index (χ1n) is 11.4. The molecule has 2 amide bonds. The van der Waals surface area contributed by atoms with Crippen molar-refractivity contribution in [2.24, 2.45) is 14.1 Å². The van der Waals surface area contributed by atoms with Gasteiger partial charge in [-0.15, -0.1) is 0 Å². The van der Waals surface area contributed by atoms with E-state index in [0.717, 1.165) is 34.1 Å². The highest BCUT2D eigenvalue weighted by atomic mass is 79.9. The van der Waals surface area contributed by atoms with Crippen LogP contribution < -0.4 is 10.6 Å². The number of anilines is 1. The van der Waals surface area contributed by atoms with E-state index in [1.807, 2.05) is 48.0 Å². The molecular weight excluding hydrogens is 508 g/mol. The van der Waals surface area contributed by atoms with Crippen LogP contribution in [0.15, 0.2) is 71.7 Å². The van der Waals surface area contributed by atoms with Crippen LogP contribution in [0.4, 0.5) is 5.69 Å². The summed E-state index contributed by atoms with van der Waals surface area (Å²) >= 11 is 3.55. The Balaban J connectivity index is 1.41. The summed E-state index contributed by atoms with van der Waals surface area (Å²) in [5, 5.41) is 10.1. The van der Waals surface area contributed by atoms with Crippen molar-refractivity contribution in [3.63, 3.8) is 0 Å². The molecule has 2 N–H and O–H groups in total. The van der Waals surface area contributed by atoms with Crippen molar-refractivity contribution in [2.75, 3.05) is 5.32 Å². The number of halogens is 1. The van der Waals surface area contributed by atoms with Crippen molar-refractivity contribution in [1.29, 1.82) is 0 Å². The Labute approximate surface area is 211 Å². The maximum Gasteiger partial charge on any atom is 0.270 e. The van der Waals surface area contributed by atoms with Gasteiger partial charge in [0.1, 0.15) is 11.7 Å². The van der Waals surface area contributed by atoms with Gasteiger partial charge < -0.3 is 15.2 Å². The SMILES string of the molecule is Cn1cncc1-c1ccc(NC(=O)[C@@H](NC(=O)c2ccnn2C)[C@H]2CCc3ccc(Br)cc32)cc1. The van der Waals surface area contributed by atoms with Gasteiger partial charge >= 0.3 is 0 Å². The highest BCUT2D eigenvalue weighted by Crippen LogP contribution is 2.37. The zero-order chi connectivity index (χ0) is 24.5. The normalized spacial score (nSPS) is 15.5. The van der Waals surface area contributed by atoms with Gasteiger partial charge in [-0.25, -0.2) is 4.98 Å². The molecule has 0 bridgehead atoms. The molecule has 35 heavy (non-hydrogen) atoms. The number of nitrogens with one attached hydrogen (secondary N) is 2. The van der Waals surface area contributed by atoms with E-state index in [4.69, 9.17) is 0 Å². The molecule has 2 aromatic heterocycles. The number of aromatic nitrogens is 4. The molecule has 2 heterocycles. The smallest absolute Gasteiger partial charge is 0.270 e. The first-order chi connectivity index (χ1) is 16.9. The molecule has 0 spiro atoms. The van der Waals surface area contributed by atoms with E-state index < -0.39 is 6.04 Å². The molecule has 0 radical (unpaired) electrons. The third kappa shape index (κ3) is 4.64. The quantitative estimate of drug-likeness (QED) is 0.391. The zero-order valence-electron chi connectivity index (χ0n) is 19.4. The van der Waals surface area contributed by atoms with Gasteiger partial charge in [0, 0.05) is 36.4 Å². The Kier molecular flexibility index (Phi) is 6.25. The summed E-state index contributed by atoms with van der Waals surface area (Å²) in [6.07, 6.45) is 6.74. The lowest BCUT2D eigenvalue weighted by atomic mass is 9.92. The lowest BCUT2D eigenvalue weighted by Gasteiger charge is -2.25. The standard InChI is InChI=1S/C26H25BrN6O2/c1-32-15-28-14-23(32)17-4-8-19(9-5-17)30-26(35)24(31-25(34)22-11-12-29-33(22)2)20-10-6-16-3-7-18(27)13-21(16)20/h3-5,7-9,11-15,20,24H,6,10H2,1-2H3,(H,30,35)(H,31,34)/t20-,24-/m0/s1. The molecule has 0 saturated carbocycles. The number of nitrogens with zero attached hydrogens (tertiary/aromatic N) is 4. The third-order valence-corrected chi connectivity index (χ3v) is 7.02. The van der Waals surface area contributed by atoms with Crippen LogP contribution in [0.3, 0.4) is 0 Å². The summed E-state index contributed by atoms with van der Waals surface area (Å²) in [4.78, 5) is 30.8. The van der Waals surface area contributed by atoms with Gasteiger partial charge in [0.15, 0.2) is 0 Å². The van der Waals surface area contributed by atoms with Gasteiger partial charge in [-0.05, 0) is 59.9 Å². The number of carbonyl (C=O) groups excluding carboxylic acids is 2. The molecule has 2 atom stereocenters. The molecule has 9 heteroatoms. The van der Waals surface area contributed by atoms with Crippen molar-refractivity contribution in [2.45, 2.75) is 24.8 Å². The summed E-state index contributed by atoms with van der Waals surface area (Å²) in [5.41, 5.74) is 5.32. The largest absolute Gasteiger partial charge is 0.338 e. The number of amides is 2. The molecule has 0 saturated heterocycles. The van der Waals surface area contributed by atoms with Crippen molar-refractivity contribution in [3.8, 4) is 11.3 Å². The second kappa shape index (κ2) is 9.50. The minimum absolute atomic E-state index is 0.145. The lowest BCUT2D eigenvalue weighted by Crippen LogP contribution is -2.47. The van der Waals surface area contributed by atoms with E-state index in [0.29, 0.717) is 11.4 Å². The number of aryl methyl sites for hydroxylation is 3. The Morgan fingerprint density at radius 2 is 1.91 bits per heavy atom. The van der Waals surface area contributed by atoms with E-state index >= 15 is 0 Å². The van der Waals surface area contributed by atoms with Crippen LogP contribution >= 0.6 is 15.9 Å². The number of rotatable bonds is 6. The summed E-state index contributed by atoms with van der Waals surface area (Å²) in [7, 11) is 3.64. The number of hydrogen-bond acceptors (Lipinski definition) is 4. The first-order valence-corrected chi connectivity index (χ1v) is 12.1. The fourth-order valence-corrected chi connectivity index (χ4v) is 5.07. The second-order valence-electron chi connectivity index (χ2n) is 8.74. The highest BCUT2D eigenvalue weighted by molar-refractivity contribution is 9.10. The predicted octanol–water partition coefficient (Wildman–Crippen LogP) is 4.05. The second-order valence-corrected chi connectivity index (χ2v) is 9.65. The molecule has 8 nitrogen and oxygen atoms in total. The van der Waals surface area contributed by atoms with Gasteiger partial charge in [-0.1, -0.05) is 34.1 Å². The van der Waals surface area contributed by atoms with Gasteiger partial charge in [0.05, 0.1) is 18.2 Å². The summed E-state index contributed by atoms with van der Waals surface area (Å²) < 4.78 is 4.39. The van der Waals surface area contributed by atoms with Crippen molar-refractivity contribution in [1.82, 2.24) is 24.6 Å². The lowest BCUT2D eigenvalue weighted by molar-refractivity contribution is -0.118. The van der Waals surface area contributed by atoms with Crippen LogP contribution in [0.1, 0.15) is 34.0 Å². The zero-order valence-corrected chi connectivity index (χ0v) is 21.0. The van der Waals surface area contributed by atoms with E-state index in [1.165, 1.54) is 10.2 Å². The fraction of sp³-hybridized carbons (Fsp3) is 0.231. The number of benzene rings is 2. The van der Waals surface area contributed by atoms with Gasteiger partial charge in [0.2, 0.25) is 5.91 Å². The maximum absolute atomic E-state index is 13.6. The summed E-state index contributed by atoms with van der Waals surface area (Å²) in [6, 6.07) is 14.6. The van der Waals surface area contributed by atoms with E-state index in [9.17, 15) is 9.59 Å². The Morgan fingerprint density at radius 1 is 1.11 bits per heavy atom. The van der Waals surface area contributed by atoms with Crippen LogP contribution in [0.2, 0.25) is 0 Å². The minimum Gasteiger partial charge on any atom is -0.338 e.